The molecule has 102 valence electrons. The highest BCUT2D eigenvalue weighted by atomic mass is 16.3. The number of nitrogens with two attached hydrogens (primary N) is 1. The number of rotatable bonds is 5. The molecule has 1 heterocycles. The van der Waals surface area contributed by atoms with Gasteiger partial charge in [-0.2, -0.15) is 5.10 Å². The van der Waals surface area contributed by atoms with E-state index in [-0.39, 0.29) is 18.9 Å². The lowest BCUT2D eigenvalue weighted by atomic mass is 10.1. The number of aromatic nitrogens is 2. The smallest absolute Gasteiger partial charge is 0.272 e. The zero-order valence-electron chi connectivity index (χ0n) is 10.9. The number of carbonyl (C=O) groups excluding carboxylic acids is 1. The molecule has 0 saturated heterocycles. The summed E-state index contributed by atoms with van der Waals surface area (Å²) in [5.41, 5.74) is 5.98. The van der Waals surface area contributed by atoms with Crippen LogP contribution in [0.15, 0.2) is 0 Å². The van der Waals surface area contributed by atoms with Crippen LogP contribution < -0.4 is 11.1 Å². The van der Waals surface area contributed by atoms with Gasteiger partial charge in [-0.15, -0.1) is 0 Å². The fraction of sp³-hybridized carbons (Fsp3) is 0.636. The predicted molar refractivity (Wildman–Crippen MR) is 67.0 cm³/mol. The predicted octanol–water partition coefficient (Wildman–Crippen LogP) is -0.962. The second kappa shape index (κ2) is 5.36. The first-order valence-corrected chi connectivity index (χ1v) is 5.74. The number of hydrogen-bond acceptors (Lipinski definition) is 5. The highest BCUT2D eigenvalue weighted by Gasteiger charge is 2.28. The quantitative estimate of drug-likeness (QED) is 0.542. The third-order valence-corrected chi connectivity index (χ3v) is 2.82. The lowest BCUT2D eigenvalue weighted by molar-refractivity contribution is 0.0716. The summed E-state index contributed by atoms with van der Waals surface area (Å²) in [4.78, 5) is 12.1. The Hall–Kier alpha value is -1.60. The molecule has 5 N–H and O–H groups in total. The molecule has 0 saturated carbocycles. The summed E-state index contributed by atoms with van der Waals surface area (Å²) >= 11 is 0. The molecule has 0 aliphatic heterocycles. The van der Waals surface area contributed by atoms with Gasteiger partial charge in [0.05, 0.1) is 30.1 Å². The van der Waals surface area contributed by atoms with Gasteiger partial charge in [0, 0.05) is 7.05 Å². The number of nitrogen functional groups attached to an aromatic ring is 1. The van der Waals surface area contributed by atoms with Crippen molar-refractivity contribution in [3.8, 4) is 0 Å². The van der Waals surface area contributed by atoms with E-state index in [1.165, 1.54) is 11.6 Å². The summed E-state index contributed by atoms with van der Waals surface area (Å²) in [7, 11) is 1.62. The first-order valence-electron chi connectivity index (χ1n) is 5.74. The van der Waals surface area contributed by atoms with Crippen LogP contribution in [0.25, 0.3) is 0 Å². The number of anilines is 1. The highest BCUT2D eigenvalue weighted by molar-refractivity contribution is 5.98. The minimum Gasteiger partial charge on any atom is -0.395 e. The van der Waals surface area contributed by atoms with Gasteiger partial charge in [-0.05, 0) is 13.3 Å². The number of aliphatic hydroxyl groups excluding tert-OH is 2. The van der Waals surface area contributed by atoms with Crippen LogP contribution in [0.2, 0.25) is 0 Å². The standard InChI is InChI=1S/C11H20N4O3/c1-4-7-8(12)9(15(3)14-7)10(18)13-11(2,5-16)6-17/h16-17H,4-6,12H2,1-3H3,(H,13,18). The Kier molecular flexibility index (Phi) is 4.31. The van der Waals surface area contributed by atoms with Gasteiger partial charge in [-0.1, -0.05) is 6.92 Å². The first kappa shape index (κ1) is 14.5. The highest BCUT2D eigenvalue weighted by Crippen LogP contribution is 2.17. The maximum Gasteiger partial charge on any atom is 0.272 e. The van der Waals surface area contributed by atoms with E-state index in [4.69, 9.17) is 15.9 Å². The van der Waals surface area contributed by atoms with Crippen molar-refractivity contribution in [2.24, 2.45) is 7.05 Å². The molecule has 1 amide bonds. The maximum absolute atomic E-state index is 12.1. The lowest BCUT2D eigenvalue weighted by Crippen LogP contribution is -2.52. The zero-order valence-corrected chi connectivity index (χ0v) is 10.9. The number of amides is 1. The average Bonchev–Trinajstić information content (AvgIpc) is 2.63. The third-order valence-electron chi connectivity index (χ3n) is 2.82. The zero-order chi connectivity index (χ0) is 13.9. The SMILES string of the molecule is CCc1nn(C)c(C(=O)NC(C)(CO)CO)c1N. The van der Waals surface area contributed by atoms with Crippen LogP contribution in [0.3, 0.4) is 0 Å². The van der Waals surface area contributed by atoms with E-state index < -0.39 is 11.4 Å². The van der Waals surface area contributed by atoms with Gasteiger partial charge in [0.15, 0.2) is 0 Å². The summed E-state index contributed by atoms with van der Waals surface area (Å²) in [5.74, 6) is -0.465. The Bertz CT molecular complexity index is 438. The lowest BCUT2D eigenvalue weighted by Gasteiger charge is -2.26. The Balaban J connectivity index is 3.01. The van der Waals surface area contributed by atoms with Gasteiger partial charge in [-0.3, -0.25) is 9.48 Å². The molecule has 0 atom stereocenters. The van der Waals surface area contributed by atoms with Gasteiger partial charge in [-0.25, -0.2) is 0 Å². The molecule has 1 aromatic rings. The molecular formula is C11H20N4O3. The molecule has 0 spiro atoms. The van der Waals surface area contributed by atoms with Crippen LogP contribution in [-0.2, 0) is 13.5 Å². The largest absolute Gasteiger partial charge is 0.395 e. The number of nitrogens with one attached hydrogen (secondary N) is 1. The number of nitrogens with zero attached hydrogens (tertiary/aromatic N) is 2. The molecule has 18 heavy (non-hydrogen) atoms. The van der Waals surface area contributed by atoms with Gasteiger partial charge >= 0.3 is 0 Å². The molecule has 0 radical (unpaired) electrons. The number of aryl methyl sites for hydroxylation is 2. The molecule has 1 aromatic heterocycles. The van der Waals surface area contributed by atoms with Crippen LogP contribution in [0.4, 0.5) is 5.69 Å². The van der Waals surface area contributed by atoms with E-state index in [0.29, 0.717) is 17.8 Å². The number of hydrogen-bond donors (Lipinski definition) is 4. The van der Waals surface area contributed by atoms with Crippen LogP contribution in [0.1, 0.15) is 30.0 Å². The first-order chi connectivity index (χ1) is 8.38. The average molecular weight is 256 g/mol. The number of carbonyl (C=O) groups is 1. The van der Waals surface area contributed by atoms with E-state index in [2.05, 4.69) is 10.4 Å². The molecule has 0 bridgehead atoms. The van der Waals surface area contributed by atoms with Gasteiger partial charge in [0.2, 0.25) is 0 Å². The van der Waals surface area contributed by atoms with Crippen molar-refractivity contribution in [3.05, 3.63) is 11.4 Å². The molecule has 7 heteroatoms. The van der Waals surface area contributed by atoms with Crippen LogP contribution in [0, 0.1) is 0 Å². The van der Waals surface area contributed by atoms with Crippen molar-refractivity contribution in [3.63, 3.8) is 0 Å². The topological polar surface area (TPSA) is 113 Å². The molecule has 0 aliphatic rings. The van der Waals surface area contributed by atoms with Crippen molar-refractivity contribution in [1.29, 1.82) is 0 Å². The normalized spacial score (nSPS) is 11.6. The second-order valence-electron chi connectivity index (χ2n) is 4.52. The summed E-state index contributed by atoms with van der Waals surface area (Å²) in [6.45, 7) is 2.70. The van der Waals surface area contributed by atoms with Crippen LogP contribution in [-0.4, -0.2) is 44.7 Å². The molecule has 1 rings (SSSR count). The Labute approximate surface area is 106 Å². The van der Waals surface area contributed by atoms with Gasteiger partial charge in [0.25, 0.3) is 5.91 Å². The molecule has 0 unspecified atom stereocenters. The summed E-state index contributed by atoms with van der Waals surface area (Å²) in [6.07, 6.45) is 0.629. The second-order valence-corrected chi connectivity index (χ2v) is 4.52. The minimum atomic E-state index is -1.08. The molecule has 0 aromatic carbocycles. The van der Waals surface area contributed by atoms with E-state index >= 15 is 0 Å². The molecule has 7 nitrogen and oxygen atoms in total. The van der Waals surface area contributed by atoms with Crippen molar-refractivity contribution in [1.82, 2.24) is 15.1 Å². The van der Waals surface area contributed by atoms with Gasteiger partial charge < -0.3 is 21.3 Å². The fourth-order valence-electron chi connectivity index (χ4n) is 1.59. The summed E-state index contributed by atoms with van der Waals surface area (Å²) in [6, 6.07) is 0. The summed E-state index contributed by atoms with van der Waals surface area (Å²) < 4.78 is 1.40. The van der Waals surface area contributed by atoms with E-state index in [0.717, 1.165) is 0 Å². The maximum atomic E-state index is 12.1. The van der Waals surface area contributed by atoms with Crippen LogP contribution >= 0.6 is 0 Å². The van der Waals surface area contributed by atoms with Crippen LogP contribution in [0.5, 0.6) is 0 Å². The third kappa shape index (κ3) is 2.62. The fourth-order valence-corrected chi connectivity index (χ4v) is 1.59. The summed E-state index contributed by atoms with van der Waals surface area (Å²) in [5, 5.41) is 25.0. The molecular weight excluding hydrogens is 236 g/mol. The van der Waals surface area contributed by atoms with E-state index in [1.807, 2.05) is 6.92 Å². The molecule has 0 aliphatic carbocycles. The van der Waals surface area contributed by atoms with E-state index in [1.54, 1.807) is 7.05 Å². The van der Waals surface area contributed by atoms with Gasteiger partial charge in [0.1, 0.15) is 5.69 Å². The monoisotopic (exact) mass is 256 g/mol. The van der Waals surface area contributed by atoms with E-state index in [9.17, 15) is 4.79 Å². The van der Waals surface area contributed by atoms with Crippen molar-refractivity contribution in [2.75, 3.05) is 18.9 Å². The van der Waals surface area contributed by atoms with Crippen molar-refractivity contribution < 1.29 is 15.0 Å². The Morgan fingerprint density at radius 2 is 2.06 bits per heavy atom. The number of aliphatic hydroxyl groups is 2. The van der Waals surface area contributed by atoms with Crippen molar-refractivity contribution >= 4 is 11.6 Å². The Morgan fingerprint density at radius 3 is 2.44 bits per heavy atom. The van der Waals surface area contributed by atoms with Crippen molar-refractivity contribution in [2.45, 2.75) is 25.8 Å². The Morgan fingerprint density at radius 1 is 1.50 bits per heavy atom. The minimum absolute atomic E-state index is 0.236. The molecule has 0 fully saturated rings.